The number of nitrogens with zero attached hydrogens (tertiary/aromatic N) is 1. The first kappa shape index (κ1) is 11.5. The van der Waals surface area contributed by atoms with E-state index in [1.54, 1.807) is 0 Å². The van der Waals surface area contributed by atoms with Crippen LogP contribution in [0.1, 0.15) is 13.8 Å². The van der Waals surface area contributed by atoms with Gasteiger partial charge in [0.25, 0.3) is 5.56 Å². The van der Waals surface area contributed by atoms with Gasteiger partial charge in [-0.15, -0.1) is 0 Å². The topological polar surface area (TPSA) is 93.0 Å². The Kier molecular flexibility index (Phi) is 3.31. The zero-order valence-electron chi connectivity index (χ0n) is 9.13. The van der Waals surface area contributed by atoms with E-state index in [1.807, 2.05) is 13.8 Å². The number of nitrogens with two attached hydrogens (primary N) is 1. The molecule has 6 heteroatoms. The molecular weight excluding hydrogens is 196 g/mol. The van der Waals surface area contributed by atoms with Crippen molar-refractivity contribution in [3.05, 3.63) is 16.7 Å². The van der Waals surface area contributed by atoms with Crippen LogP contribution in [0.25, 0.3) is 0 Å². The number of ether oxygens (including phenoxy) is 1. The number of nitrogens with one attached hydrogen (secondary N) is 2. The molecule has 0 aliphatic heterocycles. The maximum absolute atomic E-state index is 11.4. The summed E-state index contributed by atoms with van der Waals surface area (Å²) >= 11 is 0. The zero-order valence-corrected chi connectivity index (χ0v) is 9.13. The van der Waals surface area contributed by atoms with Crippen LogP contribution < -0.4 is 21.3 Å². The Morgan fingerprint density at radius 3 is 2.87 bits per heavy atom. The van der Waals surface area contributed by atoms with E-state index in [2.05, 4.69) is 15.3 Å². The molecule has 0 radical (unpaired) electrons. The van der Waals surface area contributed by atoms with Crippen molar-refractivity contribution >= 4 is 5.82 Å². The van der Waals surface area contributed by atoms with Crippen LogP contribution in [0.15, 0.2) is 11.1 Å². The van der Waals surface area contributed by atoms with Gasteiger partial charge >= 0.3 is 0 Å². The molecule has 1 heterocycles. The van der Waals surface area contributed by atoms with E-state index in [4.69, 9.17) is 10.5 Å². The summed E-state index contributed by atoms with van der Waals surface area (Å²) in [6, 6.07) is 0. The Bertz CT molecular complexity index is 386. The molecule has 0 unspecified atom stereocenters. The third-order valence-electron chi connectivity index (χ3n) is 1.98. The van der Waals surface area contributed by atoms with Crippen LogP contribution in [0, 0.1) is 0 Å². The average Bonchev–Trinajstić information content (AvgIpc) is 2.18. The number of hydrogen-bond acceptors (Lipinski definition) is 5. The van der Waals surface area contributed by atoms with E-state index >= 15 is 0 Å². The predicted molar refractivity (Wildman–Crippen MR) is 58.2 cm³/mol. The van der Waals surface area contributed by atoms with Crippen molar-refractivity contribution in [2.24, 2.45) is 5.73 Å². The normalized spacial score (nSPS) is 11.2. The van der Waals surface area contributed by atoms with Crippen LogP contribution in [0.3, 0.4) is 0 Å². The minimum Gasteiger partial charge on any atom is -0.489 e. The van der Waals surface area contributed by atoms with Crippen LogP contribution in [0.2, 0.25) is 0 Å². The highest BCUT2D eigenvalue weighted by Crippen LogP contribution is 2.18. The molecule has 84 valence electrons. The highest BCUT2D eigenvalue weighted by atomic mass is 16.5. The fourth-order valence-corrected chi connectivity index (χ4v) is 1.04. The fraction of sp³-hybridized carbons (Fsp3) is 0.556. The molecule has 1 aromatic heterocycles. The Morgan fingerprint density at radius 2 is 2.33 bits per heavy atom. The monoisotopic (exact) mass is 212 g/mol. The van der Waals surface area contributed by atoms with Gasteiger partial charge in [-0.25, -0.2) is 4.98 Å². The number of hydrogen-bond donors (Lipinski definition) is 3. The summed E-state index contributed by atoms with van der Waals surface area (Å²) < 4.78 is 4.96. The van der Waals surface area contributed by atoms with Crippen LogP contribution in [-0.4, -0.2) is 29.2 Å². The minimum atomic E-state index is -0.339. The molecule has 0 saturated carbocycles. The van der Waals surface area contributed by atoms with E-state index in [0.717, 1.165) is 0 Å². The molecule has 0 fully saturated rings. The smallest absolute Gasteiger partial charge is 0.295 e. The van der Waals surface area contributed by atoms with Crippen molar-refractivity contribution in [2.75, 3.05) is 19.0 Å². The quantitative estimate of drug-likeness (QED) is 0.649. The molecular formula is C9H16N4O2. The van der Waals surface area contributed by atoms with Gasteiger partial charge in [0.05, 0.1) is 13.4 Å². The second-order valence-electron chi connectivity index (χ2n) is 3.83. The van der Waals surface area contributed by atoms with Crippen LogP contribution in [0.5, 0.6) is 5.75 Å². The number of rotatable bonds is 4. The summed E-state index contributed by atoms with van der Waals surface area (Å²) in [6.07, 6.45) is 1.32. The molecule has 15 heavy (non-hydrogen) atoms. The number of aromatic nitrogens is 2. The number of H-pyrrole nitrogens is 1. The van der Waals surface area contributed by atoms with Gasteiger partial charge in [-0.05, 0) is 13.8 Å². The van der Waals surface area contributed by atoms with Gasteiger partial charge in [0.15, 0.2) is 5.82 Å². The number of anilines is 1. The standard InChI is InChI=1S/C9H16N4O2/c1-9(2,4-10)13-7-6(15-3)8(14)12-5-11-7/h5H,4,10H2,1-3H3,(H2,11,12,13,14). The summed E-state index contributed by atoms with van der Waals surface area (Å²) in [7, 11) is 1.42. The Hall–Kier alpha value is -1.56. The van der Waals surface area contributed by atoms with Crippen molar-refractivity contribution < 1.29 is 4.74 Å². The molecule has 0 aromatic carbocycles. The lowest BCUT2D eigenvalue weighted by atomic mass is 10.1. The van der Waals surface area contributed by atoms with Gasteiger partial charge < -0.3 is 20.8 Å². The molecule has 0 amide bonds. The van der Waals surface area contributed by atoms with Gasteiger partial charge in [-0.1, -0.05) is 0 Å². The predicted octanol–water partition coefficient (Wildman–Crippen LogP) is -0.0723. The number of methoxy groups -OCH3 is 1. The molecule has 0 spiro atoms. The van der Waals surface area contributed by atoms with Crippen LogP contribution >= 0.6 is 0 Å². The van der Waals surface area contributed by atoms with Gasteiger partial charge in [-0.3, -0.25) is 4.79 Å². The Labute approximate surface area is 87.9 Å². The van der Waals surface area contributed by atoms with Gasteiger partial charge in [0.1, 0.15) is 0 Å². The summed E-state index contributed by atoms with van der Waals surface area (Å²) in [6.45, 7) is 4.25. The van der Waals surface area contributed by atoms with Crippen molar-refractivity contribution in [1.29, 1.82) is 0 Å². The molecule has 1 rings (SSSR count). The Balaban J connectivity index is 3.05. The lowest BCUT2D eigenvalue weighted by Gasteiger charge is -2.25. The van der Waals surface area contributed by atoms with Crippen molar-refractivity contribution in [3.8, 4) is 5.75 Å². The molecule has 0 aliphatic carbocycles. The number of aromatic amines is 1. The highest BCUT2D eigenvalue weighted by Gasteiger charge is 2.19. The molecule has 0 aliphatic rings. The maximum Gasteiger partial charge on any atom is 0.295 e. The SMILES string of the molecule is COc1c(NC(C)(C)CN)nc[nH]c1=O. The molecule has 0 bridgehead atoms. The van der Waals surface area contributed by atoms with Gasteiger partial charge in [-0.2, -0.15) is 0 Å². The first-order chi connectivity index (χ1) is 7.00. The van der Waals surface area contributed by atoms with E-state index < -0.39 is 0 Å². The largest absolute Gasteiger partial charge is 0.489 e. The molecule has 6 nitrogen and oxygen atoms in total. The van der Waals surface area contributed by atoms with Crippen molar-refractivity contribution in [1.82, 2.24) is 9.97 Å². The molecule has 1 aromatic rings. The van der Waals surface area contributed by atoms with E-state index in [-0.39, 0.29) is 16.8 Å². The summed E-state index contributed by atoms with van der Waals surface area (Å²) in [4.78, 5) is 17.8. The van der Waals surface area contributed by atoms with Gasteiger partial charge in [0.2, 0.25) is 5.75 Å². The minimum absolute atomic E-state index is 0.166. The highest BCUT2D eigenvalue weighted by molar-refractivity contribution is 5.49. The fourth-order valence-electron chi connectivity index (χ4n) is 1.04. The van der Waals surface area contributed by atoms with E-state index in [1.165, 1.54) is 13.4 Å². The third kappa shape index (κ3) is 2.69. The first-order valence-electron chi connectivity index (χ1n) is 4.60. The Morgan fingerprint density at radius 1 is 1.67 bits per heavy atom. The second kappa shape index (κ2) is 4.31. The second-order valence-corrected chi connectivity index (χ2v) is 3.83. The molecule has 0 atom stereocenters. The average molecular weight is 212 g/mol. The lowest BCUT2D eigenvalue weighted by molar-refractivity contribution is 0.406. The lowest BCUT2D eigenvalue weighted by Crippen LogP contribution is -2.40. The van der Waals surface area contributed by atoms with Crippen LogP contribution in [0.4, 0.5) is 5.82 Å². The van der Waals surface area contributed by atoms with Crippen molar-refractivity contribution in [3.63, 3.8) is 0 Å². The van der Waals surface area contributed by atoms with E-state index in [9.17, 15) is 4.79 Å². The first-order valence-corrected chi connectivity index (χ1v) is 4.60. The summed E-state index contributed by atoms with van der Waals surface area (Å²) in [5, 5.41) is 3.05. The maximum atomic E-state index is 11.4. The zero-order chi connectivity index (χ0) is 11.5. The summed E-state index contributed by atoms with van der Waals surface area (Å²) in [5.41, 5.74) is 4.91. The molecule has 0 saturated heterocycles. The molecule has 4 N–H and O–H groups in total. The third-order valence-corrected chi connectivity index (χ3v) is 1.98. The summed E-state index contributed by atoms with van der Waals surface area (Å²) in [5.74, 6) is 0.565. The van der Waals surface area contributed by atoms with Gasteiger partial charge in [0, 0.05) is 12.1 Å². The van der Waals surface area contributed by atoms with E-state index in [0.29, 0.717) is 12.4 Å². The van der Waals surface area contributed by atoms with Crippen LogP contribution in [-0.2, 0) is 0 Å². The van der Waals surface area contributed by atoms with Crippen molar-refractivity contribution in [2.45, 2.75) is 19.4 Å².